The monoisotopic (exact) mass is 568 g/mol. The highest BCUT2D eigenvalue weighted by Gasteiger charge is 2.38. The van der Waals surface area contributed by atoms with E-state index in [4.69, 9.17) is 9.47 Å². The molecule has 2 aliphatic heterocycles. The third-order valence-corrected chi connectivity index (χ3v) is 7.61. The third kappa shape index (κ3) is 6.31. The second-order valence-electron chi connectivity index (χ2n) is 10.5. The second-order valence-corrected chi connectivity index (χ2v) is 10.5. The van der Waals surface area contributed by atoms with Crippen LogP contribution in [0.3, 0.4) is 0 Å². The highest BCUT2D eigenvalue weighted by Crippen LogP contribution is 2.34. The van der Waals surface area contributed by atoms with Crippen LogP contribution in [0.25, 0.3) is 0 Å². The first kappa shape index (κ1) is 28.9. The molecule has 1 fully saturated rings. The Labute approximate surface area is 246 Å². The first-order valence-corrected chi connectivity index (χ1v) is 14.2. The van der Waals surface area contributed by atoms with Gasteiger partial charge in [0.05, 0.1) is 18.2 Å². The summed E-state index contributed by atoms with van der Waals surface area (Å²) in [5.74, 6) is 0.790. The van der Waals surface area contributed by atoms with E-state index in [2.05, 4.69) is 10.2 Å². The van der Waals surface area contributed by atoms with Crippen molar-refractivity contribution < 1.29 is 23.9 Å². The fourth-order valence-electron chi connectivity index (χ4n) is 5.47. The molecule has 218 valence electrons. The molecule has 3 aromatic carbocycles. The number of rotatable bonds is 8. The van der Waals surface area contributed by atoms with E-state index in [1.807, 2.05) is 96.8 Å². The molecule has 1 saturated heterocycles. The molecule has 2 aliphatic rings. The summed E-state index contributed by atoms with van der Waals surface area (Å²) in [4.78, 5) is 45.3. The summed E-state index contributed by atoms with van der Waals surface area (Å²) in [6, 6.07) is 25.0. The zero-order chi connectivity index (χ0) is 29.6. The number of hydrogen-bond acceptors (Lipinski definition) is 6. The molecule has 0 aromatic heterocycles. The third-order valence-electron chi connectivity index (χ3n) is 7.61. The molecule has 5 rings (SSSR count). The number of amides is 3. The van der Waals surface area contributed by atoms with Crippen molar-refractivity contribution in [3.05, 3.63) is 107 Å². The van der Waals surface area contributed by atoms with Gasteiger partial charge in [0.2, 0.25) is 0 Å². The summed E-state index contributed by atoms with van der Waals surface area (Å²) in [6.07, 6.45) is 0. The molecule has 3 amide bonds. The van der Waals surface area contributed by atoms with E-state index >= 15 is 0 Å². The van der Waals surface area contributed by atoms with Crippen molar-refractivity contribution in [3.63, 3.8) is 0 Å². The van der Waals surface area contributed by atoms with Crippen molar-refractivity contribution in [1.82, 2.24) is 20.0 Å². The molecule has 2 atom stereocenters. The summed E-state index contributed by atoms with van der Waals surface area (Å²) in [5.41, 5.74) is 2.32. The van der Waals surface area contributed by atoms with Crippen LogP contribution in [-0.2, 0) is 9.53 Å². The molecule has 0 bridgehead atoms. The number of nitrogens with one attached hydrogen (secondary N) is 1. The van der Waals surface area contributed by atoms with Crippen LogP contribution in [0.5, 0.6) is 11.5 Å². The molecule has 2 heterocycles. The number of ether oxygens (including phenoxy) is 2. The van der Waals surface area contributed by atoms with Gasteiger partial charge in [0.1, 0.15) is 11.5 Å². The Morgan fingerprint density at radius 1 is 0.929 bits per heavy atom. The van der Waals surface area contributed by atoms with Gasteiger partial charge in [0.15, 0.2) is 0 Å². The molecule has 42 heavy (non-hydrogen) atoms. The van der Waals surface area contributed by atoms with Crippen molar-refractivity contribution >= 4 is 17.9 Å². The molecule has 3 aromatic rings. The number of likely N-dealkylation sites (N-methyl/N-ethyl adjacent to an activating group) is 1. The quantitative estimate of drug-likeness (QED) is 0.391. The standard InChI is InChI=1S/C33H36N4O5/c1-4-41-32(39)29-28(22-36-18-19-37(23(2)21-36)31(38)24-12-7-5-8-13-24)35(3)33(40)34-30(29)25-14-11-17-27(20-25)42-26-15-9-6-10-16-26/h5-17,20,23,30H,4,18-19,21-22H2,1-3H3,(H,34,40)/t23-,30-/m1/s1. The first-order chi connectivity index (χ1) is 20.4. The van der Waals surface area contributed by atoms with Gasteiger partial charge >= 0.3 is 12.0 Å². The van der Waals surface area contributed by atoms with Gasteiger partial charge in [-0.3, -0.25) is 14.6 Å². The summed E-state index contributed by atoms with van der Waals surface area (Å²) < 4.78 is 11.5. The highest BCUT2D eigenvalue weighted by molar-refractivity contribution is 5.95. The number of carbonyl (C=O) groups excluding carboxylic acids is 3. The number of carbonyl (C=O) groups is 3. The number of nitrogens with zero attached hydrogens (tertiary/aromatic N) is 3. The van der Waals surface area contributed by atoms with Gasteiger partial charge in [-0.25, -0.2) is 9.59 Å². The van der Waals surface area contributed by atoms with Crippen molar-refractivity contribution in [2.24, 2.45) is 0 Å². The van der Waals surface area contributed by atoms with E-state index in [0.717, 1.165) is 0 Å². The van der Waals surface area contributed by atoms with Crippen LogP contribution < -0.4 is 10.1 Å². The van der Waals surface area contributed by atoms with Crippen LogP contribution in [0.1, 0.15) is 35.8 Å². The topological polar surface area (TPSA) is 91.4 Å². The lowest BCUT2D eigenvalue weighted by molar-refractivity contribution is -0.139. The van der Waals surface area contributed by atoms with Gasteiger partial charge in [-0.2, -0.15) is 0 Å². The van der Waals surface area contributed by atoms with Crippen LogP contribution >= 0.6 is 0 Å². The molecule has 9 nitrogen and oxygen atoms in total. The molecule has 0 spiro atoms. The second kappa shape index (κ2) is 12.9. The molecule has 0 aliphatic carbocycles. The van der Waals surface area contributed by atoms with Gasteiger partial charge in [0, 0.05) is 50.5 Å². The molecule has 0 saturated carbocycles. The zero-order valence-electron chi connectivity index (χ0n) is 24.2. The Bertz CT molecular complexity index is 1460. The lowest BCUT2D eigenvalue weighted by Crippen LogP contribution is -2.56. The molecule has 9 heteroatoms. The molecule has 0 radical (unpaired) electrons. The molecular formula is C33H36N4O5. The van der Waals surface area contributed by atoms with E-state index in [9.17, 15) is 14.4 Å². The predicted octanol–water partition coefficient (Wildman–Crippen LogP) is 4.84. The minimum Gasteiger partial charge on any atom is -0.463 e. The molecule has 0 unspecified atom stereocenters. The number of benzene rings is 3. The maximum Gasteiger partial charge on any atom is 0.338 e. The van der Waals surface area contributed by atoms with E-state index in [0.29, 0.717) is 60.1 Å². The smallest absolute Gasteiger partial charge is 0.338 e. The number of para-hydroxylation sites is 1. The largest absolute Gasteiger partial charge is 0.463 e. The van der Waals surface area contributed by atoms with Gasteiger partial charge in [-0.15, -0.1) is 0 Å². The number of piperazine rings is 1. The van der Waals surface area contributed by atoms with Crippen LogP contribution in [0.2, 0.25) is 0 Å². The highest BCUT2D eigenvalue weighted by atomic mass is 16.5. The SMILES string of the molecule is CCOC(=O)C1=C(CN2CCN(C(=O)c3ccccc3)[C@H](C)C2)N(C)C(=O)N[C@@H]1c1cccc(Oc2ccccc2)c1. The molecular weight excluding hydrogens is 532 g/mol. The summed E-state index contributed by atoms with van der Waals surface area (Å²) in [7, 11) is 1.66. The zero-order valence-corrected chi connectivity index (χ0v) is 24.2. The summed E-state index contributed by atoms with van der Waals surface area (Å²) in [5, 5.41) is 2.98. The van der Waals surface area contributed by atoms with Crippen LogP contribution in [0, 0.1) is 0 Å². The minimum atomic E-state index is -0.722. The van der Waals surface area contributed by atoms with E-state index in [-0.39, 0.29) is 24.6 Å². The average Bonchev–Trinajstić information content (AvgIpc) is 3.00. The van der Waals surface area contributed by atoms with Crippen molar-refractivity contribution in [3.8, 4) is 11.5 Å². The van der Waals surface area contributed by atoms with Crippen LogP contribution in [0.4, 0.5) is 4.79 Å². The number of urea groups is 1. The fraction of sp³-hybridized carbons (Fsp3) is 0.303. The maximum atomic E-state index is 13.5. The Morgan fingerprint density at radius 2 is 1.62 bits per heavy atom. The Kier molecular flexibility index (Phi) is 8.88. The van der Waals surface area contributed by atoms with Crippen LogP contribution in [0.15, 0.2) is 96.2 Å². The number of hydrogen-bond donors (Lipinski definition) is 1. The normalized spacial score (nSPS) is 19.4. The van der Waals surface area contributed by atoms with E-state index in [1.54, 1.807) is 14.0 Å². The van der Waals surface area contributed by atoms with E-state index < -0.39 is 12.0 Å². The minimum absolute atomic E-state index is 0.000933. The van der Waals surface area contributed by atoms with E-state index in [1.165, 1.54) is 4.90 Å². The Balaban J connectivity index is 1.42. The van der Waals surface area contributed by atoms with Crippen LogP contribution in [-0.4, -0.2) is 78.5 Å². The van der Waals surface area contributed by atoms with Gasteiger partial charge < -0.3 is 19.7 Å². The lowest BCUT2D eigenvalue weighted by atomic mass is 9.94. The summed E-state index contributed by atoms with van der Waals surface area (Å²) in [6.45, 7) is 6.07. The average molecular weight is 569 g/mol. The molecule has 1 N–H and O–H groups in total. The Morgan fingerprint density at radius 3 is 2.31 bits per heavy atom. The maximum absolute atomic E-state index is 13.5. The number of esters is 1. The predicted molar refractivity (Wildman–Crippen MR) is 159 cm³/mol. The Hall–Kier alpha value is -4.63. The van der Waals surface area contributed by atoms with Crippen molar-refractivity contribution in [2.45, 2.75) is 25.9 Å². The first-order valence-electron chi connectivity index (χ1n) is 14.2. The van der Waals surface area contributed by atoms with Crippen molar-refractivity contribution in [1.29, 1.82) is 0 Å². The van der Waals surface area contributed by atoms with Gasteiger partial charge in [0.25, 0.3) is 5.91 Å². The fourth-order valence-corrected chi connectivity index (χ4v) is 5.47. The van der Waals surface area contributed by atoms with Crippen molar-refractivity contribution in [2.75, 3.05) is 39.8 Å². The van der Waals surface area contributed by atoms with Gasteiger partial charge in [-0.1, -0.05) is 48.5 Å². The lowest BCUT2D eigenvalue weighted by Gasteiger charge is -2.42. The van der Waals surface area contributed by atoms with Gasteiger partial charge in [-0.05, 0) is 55.8 Å². The summed E-state index contributed by atoms with van der Waals surface area (Å²) >= 11 is 0.